The molecule has 2 aromatic carbocycles. The molecule has 1 aliphatic carbocycles. The van der Waals surface area contributed by atoms with Gasteiger partial charge in [0.05, 0.1) is 13.2 Å². The molecular formula is C23H29N3O2. The summed E-state index contributed by atoms with van der Waals surface area (Å²) in [6.45, 7) is 4.22. The van der Waals surface area contributed by atoms with E-state index in [2.05, 4.69) is 71.1 Å². The number of nitrogens with one attached hydrogen (secondary N) is 2. The molecule has 2 aliphatic rings. The second-order valence-electron chi connectivity index (χ2n) is 7.64. The third kappa shape index (κ3) is 4.65. The van der Waals surface area contributed by atoms with Crippen LogP contribution in [-0.4, -0.2) is 38.4 Å². The summed E-state index contributed by atoms with van der Waals surface area (Å²) >= 11 is 0. The van der Waals surface area contributed by atoms with Gasteiger partial charge in [0.1, 0.15) is 11.9 Å². The molecule has 5 nitrogen and oxygen atoms in total. The lowest BCUT2D eigenvalue weighted by Gasteiger charge is -2.18. The van der Waals surface area contributed by atoms with Crippen molar-refractivity contribution in [3.05, 3.63) is 65.2 Å². The fourth-order valence-electron chi connectivity index (χ4n) is 3.68. The fraction of sp³-hybridized carbons (Fsp3) is 0.435. The van der Waals surface area contributed by atoms with Crippen molar-refractivity contribution in [1.82, 2.24) is 10.6 Å². The Hall–Kier alpha value is -2.53. The van der Waals surface area contributed by atoms with E-state index in [-0.39, 0.29) is 6.10 Å². The van der Waals surface area contributed by atoms with Crippen molar-refractivity contribution in [3.8, 4) is 5.75 Å². The predicted octanol–water partition coefficient (Wildman–Crippen LogP) is 3.38. The molecule has 1 aliphatic heterocycles. The molecule has 2 fully saturated rings. The zero-order chi connectivity index (χ0) is 19.3. The van der Waals surface area contributed by atoms with E-state index in [0.717, 1.165) is 36.7 Å². The van der Waals surface area contributed by atoms with Crippen LogP contribution in [0.25, 0.3) is 0 Å². The Morgan fingerprint density at radius 3 is 2.82 bits per heavy atom. The van der Waals surface area contributed by atoms with Crippen LogP contribution in [0.2, 0.25) is 0 Å². The lowest BCUT2D eigenvalue weighted by molar-refractivity contribution is 0.140. The van der Waals surface area contributed by atoms with Gasteiger partial charge in [-0.15, -0.1) is 0 Å². The third-order valence-electron chi connectivity index (χ3n) is 5.41. The molecule has 0 spiro atoms. The summed E-state index contributed by atoms with van der Waals surface area (Å²) in [5.74, 6) is 2.34. The number of hydrogen-bond acceptors (Lipinski definition) is 3. The highest BCUT2D eigenvalue weighted by molar-refractivity contribution is 5.80. The van der Waals surface area contributed by atoms with E-state index in [1.54, 1.807) is 0 Å². The van der Waals surface area contributed by atoms with Gasteiger partial charge >= 0.3 is 0 Å². The Bertz CT molecular complexity index is 816. The van der Waals surface area contributed by atoms with Gasteiger partial charge in [0.15, 0.2) is 5.96 Å². The standard InChI is InChI=1S/C23H29N3O2/c1-16-8-9-18(22(12-16)28-19-10-11-27-15-19)14-25-23(24-2)26-21-13-20(21)17-6-4-3-5-7-17/h3-9,12,19-21H,10-11,13-15H2,1-2H3,(H2,24,25,26). The highest BCUT2D eigenvalue weighted by Gasteiger charge is 2.38. The van der Waals surface area contributed by atoms with Gasteiger partial charge in [0.25, 0.3) is 0 Å². The lowest BCUT2D eigenvalue weighted by atomic mass is 10.1. The quantitative estimate of drug-likeness (QED) is 0.597. The Balaban J connectivity index is 1.34. The maximum Gasteiger partial charge on any atom is 0.191 e. The van der Waals surface area contributed by atoms with E-state index in [0.29, 0.717) is 25.1 Å². The molecule has 3 unspecified atom stereocenters. The number of aryl methyl sites for hydroxylation is 1. The molecule has 4 rings (SSSR count). The maximum atomic E-state index is 6.20. The van der Waals surface area contributed by atoms with Crippen LogP contribution in [0, 0.1) is 6.92 Å². The summed E-state index contributed by atoms with van der Waals surface area (Å²) in [6.07, 6.45) is 2.24. The van der Waals surface area contributed by atoms with Crippen LogP contribution in [0.1, 0.15) is 35.4 Å². The van der Waals surface area contributed by atoms with Gasteiger partial charge in [0, 0.05) is 37.5 Å². The number of nitrogens with zero attached hydrogens (tertiary/aromatic N) is 1. The van der Waals surface area contributed by atoms with Gasteiger partial charge in [-0.05, 0) is 30.5 Å². The molecule has 0 radical (unpaired) electrons. The van der Waals surface area contributed by atoms with Crippen molar-refractivity contribution in [2.24, 2.45) is 4.99 Å². The van der Waals surface area contributed by atoms with E-state index in [1.165, 1.54) is 11.1 Å². The number of rotatable bonds is 6. The molecule has 0 bridgehead atoms. The van der Waals surface area contributed by atoms with Gasteiger partial charge < -0.3 is 20.1 Å². The molecule has 3 atom stereocenters. The van der Waals surface area contributed by atoms with Crippen LogP contribution in [-0.2, 0) is 11.3 Å². The first-order chi connectivity index (χ1) is 13.7. The van der Waals surface area contributed by atoms with Crippen molar-refractivity contribution < 1.29 is 9.47 Å². The second kappa shape index (κ2) is 8.65. The van der Waals surface area contributed by atoms with Crippen LogP contribution in [0.5, 0.6) is 5.75 Å². The molecule has 1 heterocycles. The summed E-state index contributed by atoms with van der Waals surface area (Å²) in [5, 5.41) is 6.98. The average Bonchev–Trinajstić information content (AvgIpc) is 3.30. The zero-order valence-electron chi connectivity index (χ0n) is 16.7. The summed E-state index contributed by atoms with van der Waals surface area (Å²) < 4.78 is 11.6. The van der Waals surface area contributed by atoms with E-state index >= 15 is 0 Å². The van der Waals surface area contributed by atoms with Crippen LogP contribution in [0.3, 0.4) is 0 Å². The first kappa shape index (κ1) is 18.8. The fourth-order valence-corrected chi connectivity index (χ4v) is 3.68. The molecule has 2 N–H and O–H groups in total. The topological polar surface area (TPSA) is 54.9 Å². The minimum absolute atomic E-state index is 0.149. The van der Waals surface area contributed by atoms with Crippen molar-refractivity contribution in [1.29, 1.82) is 0 Å². The minimum Gasteiger partial charge on any atom is -0.488 e. The second-order valence-corrected chi connectivity index (χ2v) is 7.64. The molecule has 1 saturated heterocycles. The SMILES string of the molecule is CN=C(NCc1ccc(C)cc1OC1CCOC1)NC1CC1c1ccccc1. The zero-order valence-corrected chi connectivity index (χ0v) is 16.7. The van der Waals surface area contributed by atoms with E-state index in [9.17, 15) is 0 Å². The highest BCUT2D eigenvalue weighted by atomic mass is 16.5. The van der Waals surface area contributed by atoms with Crippen molar-refractivity contribution >= 4 is 5.96 Å². The number of hydrogen-bond donors (Lipinski definition) is 2. The number of guanidine groups is 1. The average molecular weight is 380 g/mol. The van der Waals surface area contributed by atoms with E-state index in [4.69, 9.17) is 9.47 Å². The molecule has 0 aromatic heterocycles. The summed E-state index contributed by atoms with van der Waals surface area (Å²) in [5.41, 5.74) is 3.73. The maximum absolute atomic E-state index is 6.20. The number of ether oxygens (including phenoxy) is 2. The summed E-state index contributed by atoms with van der Waals surface area (Å²) in [4.78, 5) is 4.40. The Labute approximate surface area is 167 Å². The van der Waals surface area contributed by atoms with Crippen LogP contribution in [0.15, 0.2) is 53.5 Å². The van der Waals surface area contributed by atoms with Gasteiger partial charge in [-0.3, -0.25) is 4.99 Å². The van der Waals surface area contributed by atoms with Crippen LogP contribution in [0.4, 0.5) is 0 Å². The molecule has 1 saturated carbocycles. The molecule has 28 heavy (non-hydrogen) atoms. The van der Waals surface area contributed by atoms with Gasteiger partial charge in [-0.25, -0.2) is 0 Å². The van der Waals surface area contributed by atoms with Gasteiger partial charge in [-0.1, -0.05) is 42.5 Å². The molecule has 0 amide bonds. The van der Waals surface area contributed by atoms with E-state index in [1.807, 2.05) is 7.05 Å². The summed E-state index contributed by atoms with van der Waals surface area (Å²) in [6, 6.07) is 17.5. The van der Waals surface area contributed by atoms with E-state index < -0.39 is 0 Å². The van der Waals surface area contributed by atoms with Crippen LogP contribution >= 0.6 is 0 Å². The molecule has 5 heteroatoms. The molecule has 148 valence electrons. The first-order valence-electron chi connectivity index (χ1n) is 10.1. The first-order valence-corrected chi connectivity index (χ1v) is 10.1. The van der Waals surface area contributed by atoms with Gasteiger partial charge in [-0.2, -0.15) is 0 Å². The monoisotopic (exact) mass is 379 g/mol. The molecular weight excluding hydrogens is 350 g/mol. The highest BCUT2D eigenvalue weighted by Crippen LogP contribution is 2.40. The largest absolute Gasteiger partial charge is 0.488 e. The number of benzene rings is 2. The lowest BCUT2D eigenvalue weighted by Crippen LogP contribution is -2.38. The molecule has 2 aromatic rings. The van der Waals surface area contributed by atoms with Crippen LogP contribution < -0.4 is 15.4 Å². The Morgan fingerprint density at radius 1 is 1.21 bits per heavy atom. The van der Waals surface area contributed by atoms with Crippen molar-refractivity contribution in [2.75, 3.05) is 20.3 Å². The van der Waals surface area contributed by atoms with Gasteiger partial charge in [0.2, 0.25) is 0 Å². The minimum atomic E-state index is 0.149. The smallest absolute Gasteiger partial charge is 0.191 e. The number of aliphatic imine (C=N–C) groups is 1. The van der Waals surface area contributed by atoms with Crippen molar-refractivity contribution in [2.45, 2.75) is 44.4 Å². The summed E-state index contributed by atoms with van der Waals surface area (Å²) in [7, 11) is 1.82. The predicted molar refractivity (Wildman–Crippen MR) is 112 cm³/mol. The Morgan fingerprint density at radius 2 is 2.07 bits per heavy atom. The Kier molecular flexibility index (Phi) is 5.81. The van der Waals surface area contributed by atoms with Crippen molar-refractivity contribution in [3.63, 3.8) is 0 Å². The third-order valence-corrected chi connectivity index (χ3v) is 5.41. The normalized spacial score (nSPS) is 24.1.